The van der Waals surface area contributed by atoms with E-state index < -0.39 is 30.6 Å². The molecule has 2 rings (SSSR count). The zero-order chi connectivity index (χ0) is 20.9. The molecule has 150 valence electrons. The molecule has 0 aliphatic rings. The van der Waals surface area contributed by atoms with E-state index in [4.69, 9.17) is 4.74 Å². The Kier molecular flexibility index (Phi) is 6.33. The molecule has 0 heterocycles. The van der Waals surface area contributed by atoms with Crippen LogP contribution in [0.2, 0.25) is 0 Å². The summed E-state index contributed by atoms with van der Waals surface area (Å²) in [6.07, 6.45) is -4.79. The summed E-state index contributed by atoms with van der Waals surface area (Å²) in [6, 6.07) is 11.5. The first kappa shape index (κ1) is 21.3. The fourth-order valence-electron chi connectivity index (χ4n) is 2.26. The molecule has 0 radical (unpaired) electrons. The van der Waals surface area contributed by atoms with Crippen molar-refractivity contribution < 1.29 is 32.2 Å². The van der Waals surface area contributed by atoms with Crippen LogP contribution in [0, 0.1) is 0 Å². The monoisotopic (exact) mass is 395 g/mol. The van der Waals surface area contributed by atoms with Crippen molar-refractivity contribution in [3.63, 3.8) is 0 Å². The standard InChI is InChI=1S/C20H20F3NO4/c1-19(2,3)14-6-4-13(5-7-14)18(26)27-12-17(25)24-15-8-10-16(11-9-15)28-20(21,22)23/h4-11H,12H2,1-3H3,(H,24,25). The summed E-state index contributed by atoms with van der Waals surface area (Å²) in [5, 5.41) is 2.41. The van der Waals surface area contributed by atoms with Gasteiger partial charge in [0, 0.05) is 5.69 Å². The zero-order valence-electron chi connectivity index (χ0n) is 15.6. The molecule has 5 nitrogen and oxygen atoms in total. The van der Waals surface area contributed by atoms with Gasteiger partial charge in [-0.2, -0.15) is 0 Å². The minimum absolute atomic E-state index is 0.0526. The molecule has 0 aliphatic heterocycles. The average Bonchev–Trinajstić information content (AvgIpc) is 2.59. The van der Waals surface area contributed by atoms with E-state index in [1.165, 1.54) is 12.1 Å². The molecule has 0 aromatic heterocycles. The molecule has 0 fully saturated rings. The first-order chi connectivity index (χ1) is 12.9. The largest absolute Gasteiger partial charge is 0.573 e. The van der Waals surface area contributed by atoms with Gasteiger partial charge in [0.25, 0.3) is 5.91 Å². The highest BCUT2D eigenvalue weighted by Crippen LogP contribution is 2.24. The summed E-state index contributed by atoms with van der Waals surface area (Å²) in [5.74, 6) is -1.68. The van der Waals surface area contributed by atoms with E-state index in [2.05, 4.69) is 10.1 Å². The van der Waals surface area contributed by atoms with E-state index in [1.807, 2.05) is 32.9 Å². The minimum atomic E-state index is -4.79. The second-order valence-corrected chi connectivity index (χ2v) is 7.02. The Morgan fingerprint density at radius 2 is 1.50 bits per heavy atom. The number of halogens is 3. The van der Waals surface area contributed by atoms with Gasteiger partial charge in [0.15, 0.2) is 6.61 Å². The normalized spacial score (nSPS) is 11.6. The molecule has 2 aromatic rings. The van der Waals surface area contributed by atoms with Gasteiger partial charge >= 0.3 is 12.3 Å². The minimum Gasteiger partial charge on any atom is -0.452 e. The van der Waals surface area contributed by atoms with Gasteiger partial charge in [-0.1, -0.05) is 32.9 Å². The Hall–Kier alpha value is -3.03. The van der Waals surface area contributed by atoms with Crippen LogP contribution in [-0.4, -0.2) is 24.8 Å². The van der Waals surface area contributed by atoms with Gasteiger partial charge in [-0.15, -0.1) is 13.2 Å². The van der Waals surface area contributed by atoms with E-state index in [0.29, 0.717) is 5.56 Å². The third-order valence-electron chi connectivity index (χ3n) is 3.69. The van der Waals surface area contributed by atoms with Crippen molar-refractivity contribution in [2.45, 2.75) is 32.5 Å². The summed E-state index contributed by atoms with van der Waals surface area (Å²) in [4.78, 5) is 23.9. The number of alkyl halides is 3. The van der Waals surface area contributed by atoms with Gasteiger partial charge in [0.05, 0.1) is 5.56 Å². The average molecular weight is 395 g/mol. The van der Waals surface area contributed by atoms with Gasteiger partial charge in [-0.3, -0.25) is 4.79 Å². The predicted molar refractivity (Wildman–Crippen MR) is 97.2 cm³/mol. The van der Waals surface area contributed by atoms with Gasteiger partial charge in [-0.25, -0.2) is 4.79 Å². The number of rotatable bonds is 5. The lowest BCUT2D eigenvalue weighted by atomic mass is 9.87. The number of nitrogens with one attached hydrogen (secondary N) is 1. The number of esters is 1. The van der Waals surface area contributed by atoms with E-state index in [9.17, 15) is 22.8 Å². The van der Waals surface area contributed by atoms with E-state index in [1.54, 1.807) is 12.1 Å². The molecule has 0 aliphatic carbocycles. The molecule has 0 unspecified atom stereocenters. The van der Waals surface area contributed by atoms with E-state index >= 15 is 0 Å². The molecule has 0 atom stereocenters. The number of amides is 1. The zero-order valence-corrected chi connectivity index (χ0v) is 15.6. The summed E-state index contributed by atoms with van der Waals surface area (Å²) in [7, 11) is 0. The maximum Gasteiger partial charge on any atom is 0.573 e. The van der Waals surface area contributed by atoms with Crippen molar-refractivity contribution in [3.8, 4) is 5.75 Å². The lowest BCUT2D eigenvalue weighted by molar-refractivity contribution is -0.274. The molecule has 0 saturated heterocycles. The number of benzene rings is 2. The highest BCUT2D eigenvalue weighted by Gasteiger charge is 2.31. The molecule has 0 saturated carbocycles. The molecule has 28 heavy (non-hydrogen) atoms. The number of hydrogen-bond acceptors (Lipinski definition) is 4. The Morgan fingerprint density at radius 1 is 0.929 bits per heavy atom. The molecule has 8 heteroatoms. The first-order valence-electron chi connectivity index (χ1n) is 8.37. The maximum absolute atomic E-state index is 12.1. The van der Waals surface area contributed by atoms with Crippen molar-refractivity contribution in [1.29, 1.82) is 0 Å². The van der Waals surface area contributed by atoms with Gasteiger partial charge < -0.3 is 14.8 Å². The number of ether oxygens (including phenoxy) is 2. The van der Waals surface area contributed by atoms with Crippen LogP contribution >= 0.6 is 0 Å². The molecule has 0 spiro atoms. The topological polar surface area (TPSA) is 64.6 Å². The number of anilines is 1. The van der Waals surface area contributed by atoms with Crippen LogP contribution in [0.3, 0.4) is 0 Å². The summed E-state index contributed by atoms with van der Waals surface area (Å²) in [6.45, 7) is 5.62. The number of hydrogen-bond donors (Lipinski definition) is 1. The fourth-order valence-corrected chi connectivity index (χ4v) is 2.26. The van der Waals surface area contributed by atoms with Crippen LogP contribution in [0.1, 0.15) is 36.7 Å². The van der Waals surface area contributed by atoms with Crippen molar-refractivity contribution >= 4 is 17.6 Å². The van der Waals surface area contributed by atoms with Gasteiger partial charge in [0.2, 0.25) is 0 Å². The summed E-state index contributed by atoms with van der Waals surface area (Å²) in [5.41, 5.74) is 1.56. The van der Waals surface area contributed by atoms with Crippen molar-refractivity contribution in [2.24, 2.45) is 0 Å². The first-order valence-corrected chi connectivity index (χ1v) is 8.37. The van der Waals surface area contributed by atoms with E-state index in [0.717, 1.165) is 17.7 Å². The lowest BCUT2D eigenvalue weighted by Crippen LogP contribution is -2.21. The maximum atomic E-state index is 12.1. The van der Waals surface area contributed by atoms with E-state index in [-0.39, 0.29) is 11.1 Å². The summed E-state index contributed by atoms with van der Waals surface area (Å²) < 4.78 is 45.0. The van der Waals surface area contributed by atoms with Crippen LogP contribution in [-0.2, 0) is 14.9 Å². The lowest BCUT2D eigenvalue weighted by Gasteiger charge is -2.18. The quantitative estimate of drug-likeness (QED) is 0.747. The van der Waals surface area contributed by atoms with Crippen LogP contribution in [0.25, 0.3) is 0 Å². The van der Waals surface area contributed by atoms with Crippen LogP contribution in [0.5, 0.6) is 5.75 Å². The van der Waals surface area contributed by atoms with Crippen molar-refractivity contribution in [3.05, 3.63) is 59.7 Å². The fraction of sp³-hybridized carbons (Fsp3) is 0.300. The van der Waals surface area contributed by atoms with Gasteiger partial charge in [-0.05, 0) is 47.4 Å². The van der Waals surface area contributed by atoms with Crippen molar-refractivity contribution in [2.75, 3.05) is 11.9 Å². The molecule has 1 N–H and O–H groups in total. The van der Waals surface area contributed by atoms with Crippen LogP contribution in [0.4, 0.5) is 18.9 Å². The Morgan fingerprint density at radius 3 is 2.00 bits per heavy atom. The highest BCUT2D eigenvalue weighted by atomic mass is 19.4. The Balaban J connectivity index is 1.85. The second-order valence-electron chi connectivity index (χ2n) is 7.02. The molecular formula is C20H20F3NO4. The van der Waals surface area contributed by atoms with Crippen molar-refractivity contribution in [1.82, 2.24) is 0 Å². The smallest absolute Gasteiger partial charge is 0.452 e. The number of carbonyl (C=O) groups is 2. The third kappa shape index (κ3) is 6.61. The molecule has 0 bridgehead atoms. The molecular weight excluding hydrogens is 375 g/mol. The second kappa shape index (κ2) is 8.33. The molecule has 1 amide bonds. The SMILES string of the molecule is CC(C)(C)c1ccc(C(=O)OCC(=O)Nc2ccc(OC(F)(F)F)cc2)cc1. The molecule has 2 aromatic carbocycles. The van der Waals surface area contributed by atoms with Crippen LogP contribution in [0.15, 0.2) is 48.5 Å². The number of carbonyl (C=O) groups excluding carboxylic acids is 2. The third-order valence-corrected chi connectivity index (χ3v) is 3.69. The Bertz CT molecular complexity index is 823. The summed E-state index contributed by atoms with van der Waals surface area (Å²) >= 11 is 0. The van der Waals surface area contributed by atoms with Gasteiger partial charge in [0.1, 0.15) is 5.75 Å². The Labute approximate surface area is 160 Å². The highest BCUT2D eigenvalue weighted by molar-refractivity contribution is 5.95. The predicted octanol–water partition coefficient (Wildman–Crippen LogP) is 4.68. The van der Waals surface area contributed by atoms with Crippen LogP contribution < -0.4 is 10.1 Å².